The number of amides is 1. The van der Waals surface area contributed by atoms with Gasteiger partial charge in [-0.25, -0.2) is 4.79 Å². The lowest BCUT2D eigenvalue weighted by Crippen LogP contribution is -2.12. The van der Waals surface area contributed by atoms with Crippen LogP contribution in [-0.4, -0.2) is 23.4 Å². The number of nitrogens with one attached hydrogen (secondary N) is 2. The van der Waals surface area contributed by atoms with Gasteiger partial charge < -0.3 is 20.2 Å². The van der Waals surface area contributed by atoms with Gasteiger partial charge in [0, 0.05) is 22.4 Å². The van der Waals surface area contributed by atoms with E-state index >= 15 is 0 Å². The molecule has 0 unspecified atom stereocenters. The maximum Gasteiger partial charge on any atom is 0.346 e. The smallest absolute Gasteiger partial charge is 0.346 e. The van der Waals surface area contributed by atoms with Crippen LogP contribution in [-0.2, 0) is 0 Å². The molecule has 30 heavy (non-hydrogen) atoms. The van der Waals surface area contributed by atoms with Crippen LogP contribution in [0.15, 0.2) is 57.7 Å². The zero-order chi connectivity index (χ0) is 20.8. The van der Waals surface area contributed by atoms with Gasteiger partial charge in [0.15, 0.2) is 5.17 Å². The van der Waals surface area contributed by atoms with Crippen LogP contribution >= 0.6 is 40.3 Å². The molecular weight excluding hydrogens is 494 g/mol. The molecule has 0 aliphatic rings. The molecule has 0 aliphatic carbocycles. The summed E-state index contributed by atoms with van der Waals surface area (Å²) in [6.07, 6.45) is 0.604. The highest BCUT2D eigenvalue weighted by atomic mass is 79.9. The topological polar surface area (TPSA) is 118 Å². The molecule has 0 bridgehead atoms. The highest BCUT2D eigenvalue weighted by molar-refractivity contribution is 8.93. The van der Waals surface area contributed by atoms with Crippen molar-refractivity contribution in [3.8, 4) is 5.95 Å². The van der Waals surface area contributed by atoms with E-state index in [-0.39, 0.29) is 51.0 Å². The molecule has 0 aliphatic heterocycles. The molecule has 0 atom stereocenters. The molecule has 4 N–H and O–H groups in total. The molecule has 2 aromatic carbocycles. The molecule has 0 saturated carbocycles. The van der Waals surface area contributed by atoms with Gasteiger partial charge in [-0.3, -0.25) is 10.2 Å². The van der Waals surface area contributed by atoms with Crippen LogP contribution in [0.25, 0.3) is 10.8 Å². The maximum atomic E-state index is 12.4. The van der Waals surface area contributed by atoms with E-state index in [0.29, 0.717) is 28.8 Å². The lowest BCUT2D eigenvalue weighted by atomic mass is 10.1. The first-order valence-corrected chi connectivity index (χ1v) is 10.0. The van der Waals surface area contributed by atoms with Gasteiger partial charge in [0.2, 0.25) is 0 Å². The van der Waals surface area contributed by atoms with E-state index in [1.165, 1.54) is 17.8 Å². The normalized spacial score (nSPS) is 10.3. The first-order valence-electron chi connectivity index (χ1n) is 8.68. The fourth-order valence-corrected chi connectivity index (χ4v) is 3.31. The molecule has 1 aromatic heterocycles. The molecule has 0 saturated heterocycles. The number of carbonyl (C=O) groups excluding carboxylic acids is 1. The molecule has 1 amide bonds. The van der Waals surface area contributed by atoms with Crippen LogP contribution in [0.4, 0.5) is 5.69 Å². The van der Waals surface area contributed by atoms with Gasteiger partial charge in [0.05, 0.1) is 12.0 Å². The van der Waals surface area contributed by atoms with Crippen molar-refractivity contribution in [1.82, 2.24) is 0 Å². The second-order valence-electron chi connectivity index (χ2n) is 5.99. The van der Waals surface area contributed by atoms with Crippen molar-refractivity contribution in [1.29, 1.82) is 5.41 Å². The number of benzene rings is 2. The first kappa shape index (κ1) is 23.8. The number of ether oxygens (including phenoxy) is 1. The monoisotopic (exact) mass is 511 g/mol. The van der Waals surface area contributed by atoms with Crippen LogP contribution in [0.5, 0.6) is 5.95 Å². The number of hydrogen-bond acceptors (Lipinski definition) is 6. The van der Waals surface area contributed by atoms with Crippen molar-refractivity contribution >= 4 is 67.9 Å². The summed E-state index contributed by atoms with van der Waals surface area (Å²) in [5, 5.41) is 10.8. The lowest BCUT2D eigenvalue weighted by Gasteiger charge is -2.10. The standard InChI is InChI=1S/C20H18ClN3O4S.BrH/c21-16-14-8-7-13(24-17(25)12-5-2-1-3-6-12)11-15(14)18(26)28-19(16)27-9-4-10-29-20(22)23;/h1-3,5-8,11H,4,9-10H2,(H3,22,23)(H,24,25);1H. The zero-order valence-corrected chi connectivity index (χ0v) is 18.9. The molecule has 0 radical (unpaired) electrons. The maximum absolute atomic E-state index is 12.4. The molecule has 0 fully saturated rings. The third-order valence-corrected chi connectivity index (χ3v) is 5.08. The van der Waals surface area contributed by atoms with Gasteiger partial charge in [-0.05, 0) is 30.7 Å². The Morgan fingerprint density at radius 3 is 2.63 bits per heavy atom. The predicted octanol–water partition coefficient (Wildman–Crippen LogP) is 4.67. The molecule has 10 heteroatoms. The molecule has 158 valence electrons. The quantitative estimate of drug-likeness (QED) is 0.240. The fourth-order valence-electron chi connectivity index (χ4n) is 2.57. The van der Waals surface area contributed by atoms with Crippen molar-refractivity contribution in [2.24, 2.45) is 5.73 Å². The highest BCUT2D eigenvalue weighted by Gasteiger charge is 2.15. The summed E-state index contributed by atoms with van der Waals surface area (Å²) in [6.45, 7) is 0.264. The minimum Gasteiger partial charge on any atom is -0.464 e. The van der Waals surface area contributed by atoms with Gasteiger partial charge in [-0.2, -0.15) is 0 Å². The summed E-state index contributed by atoms with van der Waals surface area (Å²) in [5.41, 5.74) is 5.60. The van der Waals surface area contributed by atoms with Crippen LogP contribution in [0.1, 0.15) is 16.8 Å². The molecule has 1 heterocycles. The van der Waals surface area contributed by atoms with Crippen molar-refractivity contribution < 1.29 is 13.9 Å². The van der Waals surface area contributed by atoms with E-state index < -0.39 is 5.63 Å². The Morgan fingerprint density at radius 1 is 1.20 bits per heavy atom. The zero-order valence-electron chi connectivity index (χ0n) is 15.6. The largest absolute Gasteiger partial charge is 0.464 e. The predicted molar refractivity (Wildman–Crippen MR) is 127 cm³/mol. The van der Waals surface area contributed by atoms with Gasteiger partial charge in [0.25, 0.3) is 5.91 Å². The summed E-state index contributed by atoms with van der Waals surface area (Å²) in [4.78, 5) is 24.7. The number of fused-ring (bicyclic) bond motifs is 1. The van der Waals surface area contributed by atoms with Crippen molar-refractivity contribution in [3.63, 3.8) is 0 Å². The second-order valence-corrected chi connectivity index (χ2v) is 7.50. The summed E-state index contributed by atoms with van der Waals surface area (Å²) < 4.78 is 10.7. The van der Waals surface area contributed by atoms with Crippen LogP contribution in [0.3, 0.4) is 0 Å². The number of nitrogens with two attached hydrogens (primary N) is 1. The van der Waals surface area contributed by atoms with Crippen molar-refractivity contribution in [2.45, 2.75) is 6.42 Å². The van der Waals surface area contributed by atoms with E-state index in [4.69, 9.17) is 31.9 Å². The summed E-state index contributed by atoms with van der Waals surface area (Å²) in [5.74, 6) is 0.261. The average molecular weight is 513 g/mol. The number of amidine groups is 1. The highest BCUT2D eigenvalue weighted by Crippen LogP contribution is 2.32. The number of halogens is 2. The van der Waals surface area contributed by atoms with E-state index in [1.54, 1.807) is 36.4 Å². The molecular formula is C20H19BrClN3O4S. The van der Waals surface area contributed by atoms with Crippen molar-refractivity contribution in [3.05, 3.63) is 69.5 Å². The number of anilines is 1. The minimum absolute atomic E-state index is 0. The Balaban J connectivity index is 0.00000320. The summed E-state index contributed by atoms with van der Waals surface area (Å²) >= 11 is 7.53. The Labute approximate surface area is 192 Å². The van der Waals surface area contributed by atoms with Gasteiger partial charge in [0.1, 0.15) is 5.02 Å². The van der Waals surface area contributed by atoms with Gasteiger partial charge >= 0.3 is 11.6 Å². The average Bonchev–Trinajstić information content (AvgIpc) is 2.71. The van der Waals surface area contributed by atoms with Crippen molar-refractivity contribution in [2.75, 3.05) is 17.7 Å². The fraction of sp³-hybridized carbons (Fsp3) is 0.150. The van der Waals surface area contributed by atoms with E-state index in [9.17, 15) is 9.59 Å². The number of rotatable bonds is 7. The number of thioether (sulfide) groups is 1. The first-order chi connectivity index (χ1) is 14.0. The van der Waals surface area contributed by atoms with E-state index in [2.05, 4.69) is 5.32 Å². The molecule has 7 nitrogen and oxygen atoms in total. The van der Waals surface area contributed by atoms with Gasteiger partial charge in [-0.15, -0.1) is 17.0 Å². The number of carbonyl (C=O) groups is 1. The van der Waals surface area contributed by atoms with E-state index in [0.717, 1.165) is 0 Å². The van der Waals surface area contributed by atoms with Crippen LogP contribution in [0, 0.1) is 5.41 Å². The SMILES string of the molecule is Br.N=C(N)SCCCOc1oc(=O)c2cc(NC(=O)c3ccccc3)ccc2c1Cl. The molecule has 0 spiro atoms. The van der Waals surface area contributed by atoms with E-state index in [1.807, 2.05) is 6.07 Å². The van der Waals surface area contributed by atoms with Crippen LogP contribution < -0.4 is 21.4 Å². The van der Waals surface area contributed by atoms with Gasteiger partial charge in [-0.1, -0.05) is 47.6 Å². The third-order valence-electron chi connectivity index (χ3n) is 3.91. The molecule has 3 rings (SSSR count). The number of hydrogen-bond donors (Lipinski definition) is 3. The molecule has 3 aromatic rings. The summed E-state index contributed by atoms with van der Waals surface area (Å²) in [7, 11) is 0. The Hall–Kier alpha value is -2.49. The minimum atomic E-state index is -0.617. The lowest BCUT2D eigenvalue weighted by molar-refractivity contribution is 0.102. The third kappa shape index (κ3) is 6.01. The van der Waals surface area contributed by atoms with Crippen LogP contribution in [0.2, 0.25) is 5.02 Å². The second kappa shape index (κ2) is 11.1. The Kier molecular flexibility index (Phi) is 8.76. The Bertz CT molecular complexity index is 1110. The Morgan fingerprint density at radius 2 is 1.93 bits per heavy atom. The summed E-state index contributed by atoms with van der Waals surface area (Å²) in [6, 6.07) is 13.5.